The van der Waals surface area contributed by atoms with Crippen LogP contribution in [0.2, 0.25) is 0 Å². The van der Waals surface area contributed by atoms with Crippen LogP contribution in [-0.4, -0.2) is 53.2 Å². The van der Waals surface area contributed by atoms with Gasteiger partial charge in [0.25, 0.3) is 0 Å². The fourth-order valence-corrected chi connectivity index (χ4v) is 3.35. The molecule has 1 saturated heterocycles. The van der Waals surface area contributed by atoms with E-state index in [0.717, 1.165) is 10.7 Å². The van der Waals surface area contributed by atoms with Crippen molar-refractivity contribution >= 4 is 23.2 Å². The molecule has 1 aromatic rings. The summed E-state index contributed by atoms with van der Waals surface area (Å²) < 4.78 is 10.9. The first kappa shape index (κ1) is 17.9. The van der Waals surface area contributed by atoms with Gasteiger partial charge >= 0.3 is 6.09 Å². The Bertz CT molecular complexity index is 591. The summed E-state index contributed by atoms with van der Waals surface area (Å²) in [5.74, 6) is -0.00263. The van der Waals surface area contributed by atoms with Gasteiger partial charge in [0.2, 0.25) is 0 Å². The van der Waals surface area contributed by atoms with Crippen LogP contribution in [0.5, 0.6) is 0 Å². The molecule has 0 aliphatic carbocycles. The fourth-order valence-electron chi connectivity index (χ4n) is 2.48. The second-order valence-corrected chi connectivity index (χ2v) is 7.88. The minimum absolute atomic E-state index is 0.00263. The van der Waals surface area contributed by atoms with Crippen LogP contribution in [0.4, 0.5) is 4.79 Å². The van der Waals surface area contributed by atoms with E-state index >= 15 is 0 Å². The van der Waals surface area contributed by atoms with Crippen molar-refractivity contribution in [2.45, 2.75) is 52.7 Å². The number of morpholine rings is 1. The van der Waals surface area contributed by atoms with Crippen molar-refractivity contribution < 1.29 is 19.1 Å². The minimum Gasteiger partial charge on any atom is -0.444 e. The van der Waals surface area contributed by atoms with Gasteiger partial charge < -0.3 is 14.4 Å². The number of ether oxygens (including phenoxy) is 2. The molecule has 1 atom stereocenters. The van der Waals surface area contributed by atoms with Gasteiger partial charge in [-0.1, -0.05) is 0 Å². The molecule has 7 heteroatoms. The van der Waals surface area contributed by atoms with Crippen LogP contribution in [0.3, 0.4) is 0 Å². The molecule has 0 radical (unpaired) electrons. The topological polar surface area (TPSA) is 68.7 Å². The molecule has 0 spiro atoms. The van der Waals surface area contributed by atoms with Crippen molar-refractivity contribution in [1.82, 2.24) is 9.88 Å². The van der Waals surface area contributed by atoms with Crippen molar-refractivity contribution in [3.63, 3.8) is 0 Å². The van der Waals surface area contributed by atoms with Crippen LogP contribution >= 0.6 is 11.3 Å². The van der Waals surface area contributed by atoms with Crippen molar-refractivity contribution in [2.24, 2.45) is 0 Å². The monoisotopic (exact) mass is 340 g/mol. The lowest BCUT2D eigenvalue weighted by Crippen LogP contribution is -2.51. The standard InChI is InChI=1S/C16H24N2O4S/c1-10-14(23-11(2)17-10)13(19)8-12-9-21-7-6-18(12)15(20)22-16(3,4)5/h12H,6-9H2,1-5H3. The maximum atomic E-state index is 12.5. The predicted molar refractivity (Wildman–Crippen MR) is 88.1 cm³/mol. The number of carbonyl (C=O) groups is 2. The van der Waals surface area contributed by atoms with E-state index in [9.17, 15) is 9.59 Å². The number of Topliss-reactive ketones (excluding diaryl/α,β-unsaturated/α-hetero) is 1. The Kier molecular flexibility index (Phi) is 5.41. The maximum Gasteiger partial charge on any atom is 0.410 e. The minimum atomic E-state index is -0.560. The van der Waals surface area contributed by atoms with E-state index in [-0.39, 0.29) is 18.2 Å². The Morgan fingerprint density at radius 3 is 2.65 bits per heavy atom. The van der Waals surface area contributed by atoms with Crippen LogP contribution < -0.4 is 0 Å². The third-order valence-electron chi connectivity index (χ3n) is 3.43. The third kappa shape index (κ3) is 4.75. The Labute approximate surface area is 140 Å². The zero-order chi connectivity index (χ0) is 17.2. The first-order chi connectivity index (χ1) is 10.7. The van der Waals surface area contributed by atoms with E-state index in [2.05, 4.69) is 4.98 Å². The van der Waals surface area contributed by atoms with E-state index in [1.165, 1.54) is 11.3 Å². The molecule has 2 rings (SSSR count). The number of hydrogen-bond donors (Lipinski definition) is 0. The zero-order valence-corrected chi connectivity index (χ0v) is 15.2. The number of aromatic nitrogens is 1. The van der Waals surface area contributed by atoms with Gasteiger partial charge in [0.15, 0.2) is 5.78 Å². The van der Waals surface area contributed by atoms with E-state index in [1.54, 1.807) is 4.90 Å². The number of amides is 1. The van der Waals surface area contributed by atoms with Crippen molar-refractivity contribution in [3.8, 4) is 0 Å². The normalized spacial score (nSPS) is 18.8. The summed E-state index contributed by atoms with van der Waals surface area (Å²) in [5, 5.41) is 0.870. The average molecular weight is 340 g/mol. The molecule has 1 amide bonds. The van der Waals surface area contributed by atoms with Crippen molar-refractivity contribution in [1.29, 1.82) is 0 Å². The Hall–Kier alpha value is -1.47. The molecule has 23 heavy (non-hydrogen) atoms. The van der Waals surface area contributed by atoms with Crippen molar-refractivity contribution in [3.05, 3.63) is 15.6 Å². The first-order valence-corrected chi connectivity index (χ1v) is 8.53. The molecular weight excluding hydrogens is 316 g/mol. The molecule has 1 fully saturated rings. The predicted octanol–water partition coefficient (Wildman–Crippen LogP) is 2.97. The highest BCUT2D eigenvalue weighted by molar-refractivity contribution is 7.13. The summed E-state index contributed by atoms with van der Waals surface area (Å²) in [7, 11) is 0. The number of nitrogens with zero attached hydrogens (tertiary/aromatic N) is 2. The van der Waals surface area contributed by atoms with Gasteiger partial charge in [-0.2, -0.15) is 0 Å². The Morgan fingerprint density at radius 2 is 2.09 bits per heavy atom. The van der Waals surface area contributed by atoms with Gasteiger partial charge in [0.1, 0.15) is 5.60 Å². The summed E-state index contributed by atoms with van der Waals surface area (Å²) in [6.45, 7) is 10.4. The maximum absolute atomic E-state index is 12.5. The summed E-state index contributed by atoms with van der Waals surface area (Å²) >= 11 is 1.39. The second kappa shape index (κ2) is 6.97. The van der Waals surface area contributed by atoms with Gasteiger partial charge in [-0.3, -0.25) is 4.79 Å². The lowest BCUT2D eigenvalue weighted by atomic mass is 10.1. The summed E-state index contributed by atoms with van der Waals surface area (Å²) in [4.78, 5) is 31.4. The largest absolute Gasteiger partial charge is 0.444 e. The van der Waals surface area contributed by atoms with Crippen LogP contribution in [0.15, 0.2) is 0 Å². The molecule has 6 nitrogen and oxygen atoms in total. The lowest BCUT2D eigenvalue weighted by Gasteiger charge is -2.36. The van der Waals surface area contributed by atoms with E-state index in [1.807, 2.05) is 34.6 Å². The summed E-state index contributed by atoms with van der Waals surface area (Å²) in [6.07, 6.45) is -0.169. The van der Waals surface area contributed by atoms with Gasteiger partial charge in [-0.25, -0.2) is 9.78 Å². The molecule has 0 saturated carbocycles. The average Bonchev–Trinajstić information content (AvgIpc) is 2.76. The lowest BCUT2D eigenvalue weighted by molar-refractivity contribution is -0.0322. The molecule has 1 aliphatic rings. The summed E-state index contributed by atoms with van der Waals surface area (Å²) in [6, 6.07) is -0.298. The highest BCUT2D eigenvalue weighted by atomic mass is 32.1. The van der Waals surface area contributed by atoms with E-state index < -0.39 is 11.7 Å². The smallest absolute Gasteiger partial charge is 0.410 e. The zero-order valence-electron chi connectivity index (χ0n) is 14.3. The second-order valence-electron chi connectivity index (χ2n) is 6.68. The molecule has 1 aromatic heterocycles. The van der Waals surface area contributed by atoms with Gasteiger partial charge in [0.05, 0.1) is 34.8 Å². The number of ketones is 1. The molecule has 0 aromatic carbocycles. The summed E-state index contributed by atoms with van der Waals surface area (Å²) in [5.41, 5.74) is 0.188. The van der Waals surface area contributed by atoms with Crippen molar-refractivity contribution in [2.75, 3.05) is 19.8 Å². The molecule has 1 aliphatic heterocycles. The fraction of sp³-hybridized carbons (Fsp3) is 0.688. The van der Waals surface area contributed by atoms with Gasteiger partial charge in [-0.15, -0.1) is 11.3 Å². The number of carbonyl (C=O) groups excluding carboxylic acids is 2. The highest BCUT2D eigenvalue weighted by Gasteiger charge is 2.33. The van der Waals surface area contributed by atoms with E-state index in [0.29, 0.717) is 24.6 Å². The number of hydrogen-bond acceptors (Lipinski definition) is 6. The first-order valence-electron chi connectivity index (χ1n) is 7.72. The Morgan fingerprint density at radius 1 is 1.39 bits per heavy atom. The van der Waals surface area contributed by atoms with Crippen LogP contribution in [0.25, 0.3) is 0 Å². The highest BCUT2D eigenvalue weighted by Crippen LogP contribution is 2.22. The number of rotatable bonds is 3. The SMILES string of the molecule is Cc1nc(C)c(C(=O)CC2COCCN2C(=O)OC(C)(C)C)s1. The number of aryl methyl sites for hydroxylation is 2. The van der Waals surface area contributed by atoms with Crippen LogP contribution in [-0.2, 0) is 9.47 Å². The third-order valence-corrected chi connectivity index (χ3v) is 4.55. The molecule has 128 valence electrons. The quantitative estimate of drug-likeness (QED) is 0.791. The molecule has 2 heterocycles. The Balaban J connectivity index is 2.08. The van der Waals surface area contributed by atoms with E-state index in [4.69, 9.17) is 9.47 Å². The number of thiazole rings is 1. The molecule has 0 bridgehead atoms. The molecular formula is C16H24N2O4S. The van der Waals surface area contributed by atoms with Gasteiger partial charge in [-0.05, 0) is 34.6 Å². The van der Waals surface area contributed by atoms with Crippen LogP contribution in [0.1, 0.15) is 47.6 Å². The van der Waals surface area contributed by atoms with Crippen LogP contribution in [0, 0.1) is 13.8 Å². The van der Waals surface area contributed by atoms with Gasteiger partial charge in [0, 0.05) is 13.0 Å². The molecule has 1 unspecified atom stereocenters. The molecule has 0 N–H and O–H groups in total.